The van der Waals surface area contributed by atoms with Gasteiger partial charge in [-0.15, -0.1) is 0 Å². The molecule has 0 aliphatic heterocycles. The van der Waals surface area contributed by atoms with E-state index in [-0.39, 0.29) is 5.69 Å². The molecule has 3 rings (SSSR count). The van der Waals surface area contributed by atoms with Crippen LogP contribution in [0.4, 0.5) is 0 Å². The van der Waals surface area contributed by atoms with Crippen molar-refractivity contribution in [3.63, 3.8) is 0 Å². The Hall–Kier alpha value is -2.56. The third kappa shape index (κ3) is 1.57. The summed E-state index contributed by atoms with van der Waals surface area (Å²) in [6, 6.07) is 9.49. The predicted octanol–water partition coefficient (Wildman–Crippen LogP) is 2.56. The van der Waals surface area contributed by atoms with E-state index in [0.717, 1.165) is 16.6 Å². The fraction of sp³-hybridized carbons (Fsp3) is 0.0769. The van der Waals surface area contributed by atoms with Gasteiger partial charge in [0.25, 0.3) is 0 Å². The number of rotatable bonds is 2. The van der Waals surface area contributed by atoms with Gasteiger partial charge < -0.3 is 10.1 Å². The number of hydrogen-bond acceptors (Lipinski definition) is 2. The number of nitrogens with zero attached hydrogens (tertiary/aromatic N) is 1. The Balaban J connectivity index is 2.13. The van der Waals surface area contributed by atoms with Gasteiger partial charge in [0.2, 0.25) is 0 Å². The van der Waals surface area contributed by atoms with Crippen molar-refractivity contribution in [2.24, 2.45) is 0 Å². The zero-order valence-corrected chi connectivity index (χ0v) is 9.69. The first kappa shape index (κ1) is 10.6. The van der Waals surface area contributed by atoms with E-state index in [1.165, 1.54) is 11.6 Å². The van der Waals surface area contributed by atoms with Crippen LogP contribution in [0.5, 0.6) is 0 Å². The first-order chi connectivity index (χ1) is 8.65. The van der Waals surface area contributed by atoms with Crippen molar-refractivity contribution in [1.82, 2.24) is 15.2 Å². The van der Waals surface area contributed by atoms with Crippen LogP contribution in [0.1, 0.15) is 16.1 Å². The van der Waals surface area contributed by atoms with Gasteiger partial charge in [-0.25, -0.2) is 4.79 Å². The highest BCUT2D eigenvalue weighted by atomic mass is 16.4. The number of aryl methyl sites for hydroxylation is 1. The van der Waals surface area contributed by atoms with Crippen LogP contribution in [0.2, 0.25) is 0 Å². The summed E-state index contributed by atoms with van der Waals surface area (Å²) >= 11 is 0. The van der Waals surface area contributed by atoms with Crippen molar-refractivity contribution in [3.8, 4) is 11.4 Å². The van der Waals surface area contributed by atoms with Gasteiger partial charge in [-0.3, -0.25) is 5.10 Å². The maximum atomic E-state index is 10.8. The van der Waals surface area contributed by atoms with Crippen LogP contribution >= 0.6 is 0 Å². The Morgan fingerprint density at radius 3 is 2.83 bits per heavy atom. The number of benzene rings is 1. The van der Waals surface area contributed by atoms with Crippen LogP contribution in [0, 0.1) is 6.92 Å². The molecule has 5 nitrogen and oxygen atoms in total. The van der Waals surface area contributed by atoms with Gasteiger partial charge >= 0.3 is 5.97 Å². The number of hydrogen-bond donors (Lipinski definition) is 3. The van der Waals surface area contributed by atoms with Crippen molar-refractivity contribution in [2.75, 3.05) is 0 Å². The maximum absolute atomic E-state index is 10.8. The Morgan fingerprint density at radius 2 is 2.17 bits per heavy atom. The SMILES string of the molecule is Cc1cccc2[nH]c(-c3cc(C(=O)O)[nH]n3)cc12. The third-order valence-corrected chi connectivity index (χ3v) is 2.97. The summed E-state index contributed by atoms with van der Waals surface area (Å²) < 4.78 is 0. The highest BCUT2D eigenvalue weighted by Crippen LogP contribution is 2.25. The second kappa shape index (κ2) is 3.73. The minimum absolute atomic E-state index is 0.0837. The molecule has 0 unspecified atom stereocenters. The minimum Gasteiger partial charge on any atom is -0.477 e. The first-order valence-corrected chi connectivity index (χ1v) is 5.52. The van der Waals surface area contributed by atoms with Crippen LogP contribution < -0.4 is 0 Å². The molecule has 0 spiro atoms. The number of carboxylic acids is 1. The quantitative estimate of drug-likeness (QED) is 0.644. The van der Waals surface area contributed by atoms with Crippen LogP contribution in [0.3, 0.4) is 0 Å². The van der Waals surface area contributed by atoms with E-state index in [1.807, 2.05) is 31.2 Å². The summed E-state index contributed by atoms with van der Waals surface area (Å²) in [4.78, 5) is 14.0. The summed E-state index contributed by atoms with van der Waals surface area (Å²) in [6.07, 6.45) is 0. The van der Waals surface area contributed by atoms with Gasteiger partial charge in [0.1, 0.15) is 11.4 Å². The average molecular weight is 241 g/mol. The molecule has 0 amide bonds. The largest absolute Gasteiger partial charge is 0.477 e. The molecule has 3 N–H and O–H groups in total. The normalized spacial score (nSPS) is 10.9. The standard InChI is InChI=1S/C13H11N3O2/c1-7-3-2-4-9-8(7)5-10(14-9)11-6-12(13(17)18)16-15-11/h2-6,14H,1H3,(H,15,16)(H,17,18). The molecule has 0 saturated carbocycles. The molecular formula is C13H11N3O2. The second-order valence-corrected chi connectivity index (χ2v) is 4.19. The smallest absolute Gasteiger partial charge is 0.353 e. The van der Waals surface area contributed by atoms with Crippen LogP contribution in [0.15, 0.2) is 30.3 Å². The van der Waals surface area contributed by atoms with Crippen molar-refractivity contribution in [1.29, 1.82) is 0 Å². The maximum Gasteiger partial charge on any atom is 0.353 e. The lowest BCUT2D eigenvalue weighted by molar-refractivity contribution is 0.0690. The summed E-state index contributed by atoms with van der Waals surface area (Å²) in [5, 5.41) is 16.5. The Labute approximate surface area is 102 Å². The molecule has 2 aromatic heterocycles. The van der Waals surface area contributed by atoms with Gasteiger partial charge in [0, 0.05) is 17.0 Å². The molecule has 0 aliphatic carbocycles. The monoisotopic (exact) mass is 241 g/mol. The molecule has 1 aromatic carbocycles. The van der Waals surface area contributed by atoms with Gasteiger partial charge in [-0.05, 0) is 24.6 Å². The number of carboxylic acid groups (broad SMARTS) is 1. The van der Waals surface area contributed by atoms with Crippen molar-refractivity contribution >= 4 is 16.9 Å². The zero-order chi connectivity index (χ0) is 12.7. The fourth-order valence-electron chi connectivity index (χ4n) is 2.01. The highest BCUT2D eigenvalue weighted by Gasteiger charge is 2.11. The van der Waals surface area contributed by atoms with E-state index in [0.29, 0.717) is 5.69 Å². The summed E-state index contributed by atoms with van der Waals surface area (Å²) in [7, 11) is 0. The minimum atomic E-state index is -1.01. The molecule has 0 aliphatic rings. The molecule has 0 saturated heterocycles. The summed E-state index contributed by atoms with van der Waals surface area (Å²) in [5.41, 5.74) is 3.68. The molecule has 0 radical (unpaired) electrons. The Kier molecular flexibility index (Phi) is 2.19. The van der Waals surface area contributed by atoms with Crippen LogP contribution in [-0.2, 0) is 0 Å². The number of aromatic carboxylic acids is 1. The van der Waals surface area contributed by atoms with Gasteiger partial charge in [-0.1, -0.05) is 12.1 Å². The fourth-order valence-corrected chi connectivity index (χ4v) is 2.01. The zero-order valence-electron chi connectivity index (χ0n) is 9.69. The molecule has 0 atom stereocenters. The first-order valence-electron chi connectivity index (χ1n) is 5.52. The molecule has 18 heavy (non-hydrogen) atoms. The van der Waals surface area contributed by atoms with Gasteiger partial charge in [-0.2, -0.15) is 5.10 Å². The lowest BCUT2D eigenvalue weighted by atomic mass is 10.1. The van der Waals surface area contributed by atoms with E-state index in [2.05, 4.69) is 15.2 Å². The highest BCUT2D eigenvalue weighted by molar-refractivity contribution is 5.90. The molecule has 0 fully saturated rings. The molecule has 90 valence electrons. The lowest BCUT2D eigenvalue weighted by Crippen LogP contribution is -1.95. The predicted molar refractivity (Wildman–Crippen MR) is 67.6 cm³/mol. The molecule has 2 heterocycles. The number of aromatic nitrogens is 3. The third-order valence-electron chi connectivity index (χ3n) is 2.97. The van der Waals surface area contributed by atoms with Gasteiger partial charge in [0.15, 0.2) is 0 Å². The molecule has 5 heteroatoms. The van der Waals surface area contributed by atoms with Crippen molar-refractivity contribution < 1.29 is 9.90 Å². The van der Waals surface area contributed by atoms with Crippen molar-refractivity contribution in [2.45, 2.75) is 6.92 Å². The topological polar surface area (TPSA) is 81.8 Å². The van der Waals surface area contributed by atoms with E-state index in [4.69, 9.17) is 5.11 Å². The molecule has 0 bridgehead atoms. The molecule has 3 aromatic rings. The molecular weight excluding hydrogens is 230 g/mol. The average Bonchev–Trinajstić information content (AvgIpc) is 2.95. The van der Waals surface area contributed by atoms with E-state index < -0.39 is 5.97 Å². The number of nitrogens with one attached hydrogen (secondary N) is 2. The summed E-state index contributed by atoms with van der Waals surface area (Å²) in [5.74, 6) is -1.01. The van der Waals surface area contributed by atoms with E-state index >= 15 is 0 Å². The Morgan fingerprint density at radius 1 is 1.33 bits per heavy atom. The number of fused-ring (bicyclic) bond motifs is 1. The Bertz CT molecular complexity index is 740. The van der Waals surface area contributed by atoms with E-state index in [9.17, 15) is 4.79 Å². The van der Waals surface area contributed by atoms with Crippen LogP contribution in [-0.4, -0.2) is 26.3 Å². The van der Waals surface area contributed by atoms with Crippen molar-refractivity contribution in [3.05, 3.63) is 41.6 Å². The number of H-pyrrole nitrogens is 2. The van der Waals surface area contributed by atoms with Gasteiger partial charge in [0.05, 0.1) is 5.69 Å². The second-order valence-electron chi connectivity index (χ2n) is 4.19. The van der Waals surface area contributed by atoms with E-state index in [1.54, 1.807) is 0 Å². The number of carbonyl (C=O) groups is 1. The lowest BCUT2D eigenvalue weighted by Gasteiger charge is -1.92. The van der Waals surface area contributed by atoms with Crippen LogP contribution in [0.25, 0.3) is 22.3 Å². The summed E-state index contributed by atoms with van der Waals surface area (Å²) in [6.45, 7) is 2.03. The number of aromatic amines is 2.